The molecule has 0 atom stereocenters. The van der Waals surface area contributed by atoms with E-state index in [4.69, 9.17) is 16.3 Å². The van der Waals surface area contributed by atoms with Gasteiger partial charge in [-0.15, -0.1) is 0 Å². The van der Waals surface area contributed by atoms with E-state index in [0.717, 1.165) is 27.8 Å². The Bertz CT molecular complexity index is 766. The van der Waals surface area contributed by atoms with Crippen molar-refractivity contribution in [3.8, 4) is 11.6 Å². The summed E-state index contributed by atoms with van der Waals surface area (Å²) in [6, 6.07) is 13.7. The summed E-state index contributed by atoms with van der Waals surface area (Å²) in [7, 11) is 0. The van der Waals surface area contributed by atoms with Crippen LogP contribution in [0.2, 0.25) is 5.28 Å². The highest BCUT2D eigenvalue weighted by molar-refractivity contribution is 6.28. The molecule has 0 bridgehead atoms. The first kappa shape index (κ1) is 12.9. The van der Waals surface area contributed by atoms with Gasteiger partial charge in [-0.3, -0.25) is 0 Å². The highest BCUT2D eigenvalue weighted by Gasteiger charge is 2.09. The highest BCUT2D eigenvalue weighted by Crippen LogP contribution is 2.29. The molecule has 0 fully saturated rings. The van der Waals surface area contributed by atoms with Crippen LogP contribution in [0.5, 0.6) is 11.6 Å². The minimum Gasteiger partial charge on any atom is -0.438 e. The number of rotatable bonds is 2. The van der Waals surface area contributed by atoms with Crippen molar-refractivity contribution in [3.05, 3.63) is 58.9 Å². The van der Waals surface area contributed by atoms with Crippen LogP contribution in [0.3, 0.4) is 0 Å². The van der Waals surface area contributed by atoms with Crippen LogP contribution in [0, 0.1) is 13.8 Å². The average molecular weight is 285 g/mol. The number of para-hydroxylation sites is 1. The average Bonchev–Trinajstić information content (AvgIpc) is 2.37. The van der Waals surface area contributed by atoms with Crippen molar-refractivity contribution in [1.82, 2.24) is 9.97 Å². The van der Waals surface area contributed by atoms with E-state index in [1.165, 1.54) is 0 Å². The van der Waals surface area contributed by atoms with Crippen LogP contribution in [-0.4, -0.2) is 9.97 Å². The number of benzene rings is 2. The Morgan fingerprint density at radius 2 is 1.65 bits per heavy atom. The van der Waals surface area contributed by atoms with Crippen molar-refractivity contribution in [1.29, 1.82) is 0 Å². The molecule has 100 valence electrons. The van der Waals surface area contributed by atoms with Crippen LogP contribution in [-0.2, 0) is 0 Å². The van der Waals surface area contributed by atoms with Gasteiger partial charge in [0.15, 0.2) is 0 Å². The largest absolute Gasteiger partial charge is 0.438 e. The summed E-state index contributed by atoms with van der Waals surface area (Å²) in [4.78, 5) is 8.38. The number of halogens is 1. The van der Waals surface area contributed by atoms with Crippen LogP contribution >= 0.6 is 11.6 Å². The summed E-state index contributed by atoms with van der Waals surface area (Å²) in [5.41, 5.74) is 3.06. The summed E-state index contributed by atoms with van der Waals surface area (Å²) in [6.45, 7) is 4.07. The summed E-state index contributed by atoms with van der Waals surface area (Å²) < 4.78 is 5.90. The molecule has 3 rings (SSSR count). The lowest BCUT2D eigenvalue weighted by Gasteiger charge is -2.09. The van der Waals surface area contributed by atoms with Gasteiger partial charge in [0, 0.05) is 0 Å². The van der Waals surface area contributed by atoms with Crippen molar-refractivity contribution < 1.29 is 4.74 Å². The third-order valence-corrected chi connectivity index (χ3v) is 3.12. The van der Waals surface area contributed by atoms with Gasteiger partial charge in [0.1, 0.15) is 5.75 Å². The van der Waals surface area contributed by atoms with Crippen molar-refractivity contribution >= 4 is 22.5 Å². The van der Waals surface area contributed by atoms with Crippen LogP contribution in [0.1, 0.15) is 11.1 Å². The fourth-order valence-corrected chi connectivity index (χ4v) is 2.37. The van der Waals surface area contributed by atoms with E-state index >= 15 is 0 Å². The summed E-state index contributed by atoms with van der Waals surface area (Å²) >= 11 is 5.95. The van der Waals surface area contributed by atoms with Crippen molar-refractivity contribution in [2.45, 2.75) is 13.8 Å². The molecule has 0 unspecified atom stereocenters. The maximum Gasteiger partial charge on any atom is 0.231 e. The maximum atomic E-state index is 5.95. The van der Waals surface area contributed by atoms with Crippen LogP contribution < -0.4 is 4.74 Å². The zero-order valence-corrected chi connectivity index (χ0v) is 12.0. The molecule has 0 N–H and O–H groups in total. The molecule has 0 aliphatic rings. The lowest BCUT2D eigenvalue weighted by Crippen LogP contribution is -1.93. The van der Waals surface area contributed by atoms with E-state index in [0.29, 0.717) is 5.88 Å². The molecule has 1 heterocycles. The lowest BCUT2D eigenvalue weighted by atomic mass is 10.1. The number of hydrogen-bond acceptors (Lipinski definition) is 3. The quantitative estimate of drug-likeness (QED) is 0.640. The second-order valence-electron chi connectivity index (χ2n) is 4.74. The maximum absolute atomic E-state index is 5.95. The molecule has 1 aromatic heterocycles. The molecule has 0 spiro atoms. The summed E-state index contributed by atoms with van der Waals surface area (Å²) in [6.07, 6.45) is 0. The first-order chi connectivity index (χ1) is 9.61. The molecule has 3 nitrogen and oxygen atoms in total. The number of fused-ring (bicyclic) bond motifs is 1. The summed E-state index contributed by atoms with van der Waals surface area (Å²) in [5.74, 6) is 1.23. The molecule has 0 aliphatic heterocycles. The normalized spacial score (nSPS) is 10.8. The molecular formula is C16H13ClN2O. The molecule has 0 radical (unpaired) electrons. The fourth-order valence-electron chi connectivity index (χ4n) is 2.20. The van der Waals surface area contributed by atoms with Gasteiger partial charge in [-0.2, -0.15) is 4.98 Å². The minimum atomic E-state index is 0.183. The van der Waals surface area contributed by atoms with E-state index in [2.05, 4.69) is 16.0 Å². The molecule has 2 aromatic carbocycles. The molecule has 0 aliphatic carbocycles. The van der Waals surface area contributed by atoms with Gasteiger partial charge in [-0.1, -0.05) is 18.2 Å². The Labute approximate surface area is 122 Å². The Kier molecular flexibility index (Phi) is 3.28. The minimum absolute atomic E-state index is 0.183. The fraction of sp³-hybridized carbons (Fsp3) is 0.125. The van der Waals surface area contributed by atoms with Gasteiger partial charge in [0.25, 0.3) is 0 Å². The standard InChI is InChI=1S/C16H13ClN2O/c1-10-7-11(2)9-12(8-10)20-15-13-5-3-4-6-14(13)18-16(17)19-15/h3-9H,1-2H3. The molecule has 4 heteroatoms. The topological polar surface area (TPSA) is 35.0 Å². The van der Waals surface area contributed by atoms with Crippen LogP contribution in [0.15, 0.2) is 42.5 Å². The monoisotopic (exact) mass is 284 g/mol. The predicted octanol–water partition coefficient (Wildman–Crippen LogP) is 4.69. The molecule has 0 saturated carbocycles. The Morgan fingerprint density at radius 1 is 0.950 bits per heavy atom. The van der Waals surface area contributed by atoms with Crippen LogP contribution in [0.25, 0.3) is 10.9 Å². The lowest BCUT2D eigenvalue weighted by molar-refractivity contribution is 0.467. The smallest absolute Gasteiger partial charge is 0.231 e. The molecule has 0 amide bonds. The van der Waals surface area contributed by atoms with Gasteiger partial charge in [0.05, 0.1) is 10.9 Å². The Morgan fingerprint density at radius 3 is 2.40 bits per heavy atom. The molecule has 20 heavy (non-hydrogen) atoms. The SMILES string of the molecule is Cc1cc(C)cc(Oc2nc(Cl)nc3ccccc23)c1. The zero-order valence-electron chi connectivity index (χ0n) is 11.2. The third kappa shape index (κ3) is 2.58. The predicted molar refractivity (Wildman–Crippen MR) is 80.5 cm³/mol. The molecule has 0 saturated heterocycles. The first-order valence-electron chi connectivity index (χ1n) is 6.30. The highest BCUT2D eigenvalue weighted by atomic mass is 35.5. The van der Waals surface area contributed by atoms with Crippen molar-refractivity contribution in [2.75, 3.05) is 0 Å². The number of aryl methyl sites for hydroxylation is 2. The second-order valence-corrected chi connectivity index (χ2v) is 5.08. The Balaban J connectivity index is 2.10. The van der Waals surface area contributed by atoms with E-state index < -0.39 is 0 Å². The molecule has 3 aromatic rings. The van der Waals surface area contributed by atoms with E-state index in [1.807, 2.05) is 50.2 Å². The number of nitrogens with zero attached hydrogens (tertiary/aromatic N) is 2. The van der Waals surface area contributed by atoms with Gasteiger partial charge >= 0.3 is 0 Å². The van der Waals surface area contributed by atoms with E-state index in [9.17, 15) is 0 Å². The Hall–Kier alpha value is -2.13. The van der Waals surface area contributed by atoms with Gasteiger partial charge in [0.2, 0.25) is 11.2 Å². The zero-order chi connectivity index (χ0) is 14.1. The third-order valence-electron chi connectivity index (χ3n) is 2.95. The second kappa shape index (κ2) is 5.10. The molecular weight excluding hydrogens is 272 g/mol. The number of ether oxygens (including phenoxy) is 1. The van der Waals surface area contributed by atoms with Crippen molar-refractivity contribution in [3.63, 3.8) is 0 Å². The first-order valence-corrected chi connectivity index (χ1v) is 6.68. The van der Waals surface area contributed by atoms with E-state index in [-0.39, 0.29) is 5.28 Å². The van der Waals surface area contributed by atoms with Gasteiger partial charge < -0.3 is 4.74 Å². The van der Waals surface area contributed by atoms with Crippen LogP contribution in [0.4, 0.5) is 0 Å². The van der Waals surface area contributed by atoms with Crippen molar-refractivity contribution in [2.24, 2.45) is 0 Å². The van der Waals surface area contributed by atoms with Gasteiger partial charge in [-0.25, -0.2) is 4.98 Å². The number of aromatic nitrogens is 2. The van der Waals surface area contributed by atoms with E-state index in [1.54, 1.807) is 0 Å². The van der Waals surface area contributed by atoms with Gasteiger partial charge in [-0.05, 0) is 60.8 Å². The number of hydrogen-bond donors (Lipinski definition) is 0. The summed E-state index contributed by atoms with van der Waals surface area (Å²) in [5, 5.41) is 1.03.